The molecular weight excluding hydrogens is 270 g/mol. The Morgan fingerprint density at radius 1 is 1.14 bits per heavy atom. The van der Waals surface area contributed by atoms with Crippen LogP contribution in [0.25, 0.3) is 0 Å². The molecule has 1 atom stereocenters. The van der Waals surface area contributed by atoms with E-state index < -0.39 is 5.82 Å². The van der Waals surface area contributed by atoms with E-state index in [-0.39, 0.29) is 17.4 Å². The molecule has 1 aromatic rings. The van der Waals surface area contributed by atoms with Crippen LogP contribution in [0.3, 0.4) is 0 Å². The molecule has 1 aliphatic carbocycles. The molecule has 118 valence electrons. The molecule has 2 rings (SSSR count). The third-order valence-electron chi connectivity index (χ3n) is 5.00. The van der Waals surface area contributed by atoms with Crippen molar-refractivity contribution in [2.24, 2.45) is 5.73 Å². The Hall–Kier alpha value is -1.00. The van der Waals surface area contributed by atoms with Crippen LogP contribution in [0.5, 0.6) is 0 Å². The fraction of sp³-hybridized carbons (Fsp3) is 0.647. The molecule has 0 aromatic heterocycles. The van der Waals surface area contributed by atoms with E-state index >= 15 is 0 Å². The van der Waals surface area contributed by atoms with Gasteiger partial charge in [-0.15, -0.1) is 0 Å². The van der Waals surface area contributed by atoms with Gasteiger partial charge in [0.25, 0.3) is 0 Å². The molecular formula is C17H26F2N2. The number of hydrogen-bond acceptors (Lipinski definition) is 2. The lowest BCUT2D eigenvalue weighted by Gasteiger charge is -2.44. The van der Waals surface area contributed by atoms with Crippen molar-refractivity contribution in [1.82, 2.24) is 4.90 Å². The summed E-state index contributed by atoms with van der Waals surface area (Å²) in [5.41, 5.74) is 6.74. The van der Waals surface area contributed by atoms with Crippen LogP contribution in [0, 0.1) is 11.6 Å². The summed E-state index contributed by atoms with van der Waals surface area (Å²) in [4.78, 5) is 2.19. The van der Waals surface area contributed by atoms with E-state index in [1.54, 1.807) is 0 Å². The largest absolute Gasteiger partial charge is 0.326 e. The maximum absolute atomic E-state index is 13.9. The van der Waals surface area contributed by atoms with Crippen LogP contribution < -0.4 is 5.73 Å². The summed E-state index contributed by atoms with van der Waals surface area (Å²) >= 11 is 0. The molecule has 0 saturated heterocycles. The minimum Gasteiger partial charge on any atom is -0.326 e. The summed E-state index contributed by atoms with van der Waals surface area (Å²) < 4.78 is 27.2. The second-order valence-corrected chi connectivity index (χ2v) is 6.46. The van der Waals surface area contributed by atoms with Gasteiger partial charge in [-0.3, -0.25) is 0 Å². The molecule has 0 heterocycles. The lowest BCUT2D eigenvalue weighted by atomic mass is 9.79. The number of halogens is 2. The van der Waals surface area contributed by atoms with Crippen LogP contribution in [0.15, 0.2) is 18.2 Å². The first-order chi connectivity index (χ1) is 9.95. The molecule has 0 bridgehead atoms. The third kappa shape index (κ3) is 3.61. The smallest absolute Gasteiger partial charge is 0.126 e. The zero-order valence-corrected chi connectivity index (χ0v) is 13.0. The third-order valence-corrected chi connectivity index (χ3v) is 5.00. The molecule has 1 aromatic carbocycles. The summed E-state index contributed by atoms with van der Waals surface area (Å²) in [6.07, 6.45) is 7.19. The van der Waals surface area contributed by atoms with Crippen LogP contribution in [-0.2, 0) is 6.42 Å². The molecule has 0 amide bonds. The van der Waals surface area contributed by atoms with Gasteiger partial charge in [0.2, 0.25) is 0 Å². The average molecular weight is 296 g/mol. The van der Waals surface area contributed by atoms with Crippen molar-refractivity contribution in [3.63, 3.8) is 0 Å². The van der Waals surface area contributed by atoms with Crippen molar-refractivity contribution in [1.29, 1.82) is 0 Å². The zero-order valence-electron chi connectivity index (χ0n) is 13.0. The van der Waals surface area contributed by atoms with Crippen molar-refractivity contribution in [2.45, 2.75) is 56.5 Å². The lowest BCUT2D eigenvalue weighted by Crippen LogP contribution is -2.58. The zero-order chi connectivity index (χ0) is 15.5. The Kier molecular flexibility index (Phi) is 5.33. The average Bonchev–Trinajstić information content (AvgIpc) is 2.69. The second kappa shape index (κ2) is 6.84. The van der Waals surface area contributed by atoms with Crippen LogP contribution >= 0.6 is 0 Å². The van der Waals surface area contributed by atoms with Crippen molar-refractivity contribution >= 4 is 0 Å². The predicted octanol–water partition coefficient (Wildman–Crippen LogP) is 3.49. The van der Waals surface area contributed by atoms with Gasteiger partial charge in [-0.25, -0.2) is 8.78 Å². The van der Waals surface area contributed by atoms with Gasteiger partial charge in [0, 0.05) is 11.6 Å². The van der Waals surface area contributed by atoms with Gasteiger partial charge in [-0.1, -0.05) is 25.7 Å². The molecule has 2 nitrogen and oxygen atoms in total. The first-order valence-corrected chi connectivity index (χ1v) is 7.82. The monoisotopic (exact) mass is 296 g/mol. The number of likely N-dealkylation sites (N-methyl/N-ethyl adjacent to an activating group) is 1. The van der Waals surface area contributed by atoms with E-state index in [1.165, 1.54) is 25.0 Å². The van der Waals surface area contributed by atoms with E-state index in [2.05, 4.69) is 4.90 Å². The maximum Gasteiger partial charge on any atom is 0.126 e. The molecule has 1 unspecified atom stereocenters. The van der Waals surface area contributed by atoms with Gasteiger partial charge in [0.15, 0.2) is 0 Å². The topological polar surface area (TPSA) is 29.3 Å². The minimum atomic E-state index is -0.404. The molecule has 0 radical (unpaired) electrons. The molecule has 1 fully saturated rings. The fourth-order valence-electron chi connectivity index (χ4n) is 3.62. The highest BCUT2D eigenvalue weighted by Gasteiger charge is 2.39. The van der Waals surface area contributed by atoms with Gasteiger partial charge < -0.3 is 10.6 Å². The Labute approximate surface area is 126 Å². The Balaban J connectivity index is 2.22. The van der Waals surface area contributed by atoms with Gasteiger partial charge in [-0.05, 0) is 57.1 Å². The minimum absolute atomic E-state index is 0.116. The first kappa shape index (κ1) is 16.4. The Morgan fingerprint density at radius 3 is 2.33 bits per heavy atom. The van der Waals surface area contributed by atoms with Gasteiger partial charge in [0.05, 0.1) is 0 Å². The summed E-state index contributed by atoms with van der Waals surface area (Å²) in [5.74, 6) is -0.771. The van der Waals surface area contributed by atoms with Crippen LogP contribution in [0.1, 0.15) is 44.1 Å². The van der Waals surface area contributed by atoms with E-state index in [9.17, 15) is 8.78 Å². The normalized spacial score (nSPS) is 20.3. The maximum atomic E-state index is 13.9. The second-order valence-electron chi connectivity index (χ2n) is 6.46. The standard InChI is InChI=1S/C17H26F2N2/c1-21(2)17(9-5-3-4-6-10-17)16(20)12-13-11-14(18)7-8-15(13)19/h7-8,11,16H,3-6,9-10,12,20H2,1-2H3. The Morgan fingerprint density at radius 2 is 1.76 bits per heavy atom. The molecule has 1 aliphatic rings. The molecule has 4 heteroatoms. The number of benzene rings is 1. The summed E-state index contributed by atoms with van der Waals surface area (Å²) in [6.45, 7) is 0. The quantitative estimate of drug-likeness (QED) is 0.862. The number of rotatable bonds is 4. The molecule has 21 heavy (non-hydrogen) atoms. The van der Waals surface area contributed by atoms with Crippen molar-refractivity contribution in [3.05, 3.63) is 35.4 Å². The molecule has 2 N–H and O–H groups in total. The van der Waals surface area contributed by atoms with Crippen LogP contribution in [-0.4, -0.2) is 30.6 Å². The van der Waals surface area contributed by atoms with Gasteiger partial charge in [0.1, 0.15) is 11.6 Å². The van der Waals surface area contributed by atoms with E-state index in [0.717, 1.165) is 31.7 Å². The van der Waals surface area contributed by atoms with Crippen molar-refractivity contribution in [2.75, 3.05) is 14.1 Å². The molecule has 1 saturated carbocycles. The highest BCUT2D eigenvalue weighted by Crippen LogP contribution is 2.34. The van der Waals surface area contributed by atoms with Crippen molar-refractivity contribution < 1.29 is 8.78 Å². The summed E-state index contributed by atoms with van der Waals surface area (Å²) in [5, 5.41) is 0. The summed E-state index contributed by atoms with van der Waals surface area (Å²) in [6, 6.07) is 3.42. The van der Waals surface area contributed by atoms with Gasteiger partial charge >= 0.3 is 0 Å². The fourth-order valence-corrected chi connectivity index (χ4v) is 3.62. The molecule has 0 aliphatic heterocycles. The lowest BCUT2D eigenvalue weighted by molar-refractivity contribution is 0.0964. The van der Waals surface area contributed by atoms with E-state index in [1.807, 2.05) is 14.1 Å². The number of nitrogens with zero attached hydrogens (tertiary/aromatic N) is 1. The molecule has 0 spiro atoms. The SMILES string of the molecule is CN(C)C1(C(N)Cc2cc(F)ccc2F)CCCCCC1. The Bertz CT molecular complexity index is 466. The first-order valence-electron chi connectivity index (χ1n) is 7.82. The van der Waals surface area contributed by atoms with E-state index in [4.69, 9.17) is 5.73 Å². The van der Waals surface area contributed by atoms with Crippen LogP contribution in [0.2, 0.25) is 0 Å². The van der Waals surface area contributed by atoms with E-state index in [0.29, 0.717) is 12.0 Å². The van der Waals surface area contributed by atoms with Gasteiger partial charge in [-0.2, -0.15) is 0 Å². The highest BCUT2D eigenvalue weighted by molar-refractivity contribution is 5.21. The highest BCUT2D eigenvalue weighted by atomic mass is 19.1. The summed E-state index contributed by atoms with van der Waals surface area (Å²) in [7, 11) is 4.10. The van der Waals surface area contributed by atoms with Crippen LogP contribution in [0.4, 0.5) is 8.78 Å². The number of nitrogens with two attached hydrogens (primary N) is 1. The predicted molar refractivity (Wildman–Crippen MR) is 82.2 cm³/mol. The number of hydrogen-bond donors (Lipinski definition) is 1. The van der Waals surface area contributed by atoms with Crippen molar-refractivity contribution in [3.8, 4) is 0 Å².